The highest BCUT2D eigenvalue weighted by molar-refractivity contribution is 7.92. The van der Waals surface area contributed by atoms with E-state index in [9.17, 15) is 8.42 Å². The first-order chi connectivity index (χ1) is 9.68. The number of hydrogen-bond acceptors (Lipinski definition) is 5. The van der Waals surface area contributed by atoms with Crippen molar-refractivity contribution in [3.63, 3.8) is 0 Å². The minimum Gasteiger partial charge on any atom is -0.399 e. The van der Waals surface area contributed by atoms with Gasteiger partial charge in [-0.15, -0.1) is 0 Å². The van der Waals surface area contributed by atoms with Gasteiger partial charge in [0.05, 0.1) is 10.6 Å². The van der Waals surface area contributed by atoms with Crippen LogP contribution in [0.5, 0.6) is 0 Å². The molecule has 0 atom stereocenters. The van der Waals surface area contributed by atoms with E-state index >= 15 is 0 Å². The van der Waals surface area contributed by atoms with Crippen LogP contribution < -0.4 is 10.5 Å². The molecule has 0 amide bonds. The Bertz CT molecular complexity index is 734. The van der Waals surface area contributed by atoms with E-state index in [0.29, 0.717) is 5.69 Å². The van der Waals surface area contributed by atoms with Crippen LogP contribution in [0.15, 0.2) is 41.4 Å². The number of anilines is 2. The molecule has 0 bridgehead atoms. The molecule has 0 fully saturated rings. The molecule has 3 N–H and O–H groups in total. The predicted octanol–water partition coefficient (Wildman–Crippen LogP) is 2.16. The van der Waals surface area contributed by atoms with Gasteiger partial charge >= 0.3 is 0 Å². The van der Waals surface area contributed by atoms with Gasteiger partial charge < -0.3 is 5.73 Å². The van der Waals surface area contributed by atoms with E-state index in [-0.39, 0.29) is 16.3 Å². The van der Waals surface area contributed by atoms with Crippen molar-refractivity contribution in [2.75, 3.05) is 10.5 Å². The number of nitrogen functional groups attached to an aromatic ring is 1. The molecule has 0 aliphatic rings. The Kier molecular flexibility index (Phi) is 3.87. The van der Waals surface area contributed by atoms with Crippen LogP contribution in [0.3, 0.4) is 0 Å². The highest BCUT2D eigenvalue weighted by atomic mass is 32.2. The Hall–Kier alpha value is -2.15. The van der Waals surface area contributed by atoms with E-state index in [0.717, 1.165) is 5.69 Å². The summed E-state index contributed by atoms with van der Waals surface area (Å²) in [6.07, 6.45) is 1.54. The maximum absolute atomic E-state index is 12.2. The van der Waals surface area contributed by atoms with Crippen LogP contribution in [0.2, 0.25) is 0 Å². The normalized spacial score (nSPS) is 12.1. The maximum Gasteiger partial charge on any atom is 0.264 e. The summed E-state index contributed by atoms with van der Waals surface area (Å²) in [6, 6.07) is 7.69. The zero-order valence-corrected chi connectivity index (χ0v) is 13.0. The fraction of sp³-hybridized carbons (Fsp3) is 0.286. The second-order valence-corrected chi connectivity index (χ2v) is 7.37. The lowest BCUT2D eigenvalue weighted by molar-refractivity contribution is 0.567. The number of sulfonamides is 1. The molecule has 6 nitrogen and oxygen atoms in total. The summed E-state index contributed by atoms with van der Waals surface area (Å²) in [5, 5.41) is 0. The smallest absolute Gasteiger partial charge is 0.264 e. The third kappa shape index (κ3) is 3.69. The van der Waals surface area contributed by atoms with Crippen molar-refractivity contribution in [1.29, 1.82) is 0 Å². The van der Waals surface area contributed by atoms with Crippen molar-refractivity contribution >= 4 is 21.7 Å². The molecule has 1 heterocycles. The highest BCUT2D eigenvalue weighted by Crippen LogP contribution is 2.21. The fourth-order valence-corrected chi connectivity index (χ4v) is 2.60. The molecule has 2 rings (SSSR count). The number of nitrogens with one attached hydrogen (secondary N) is 1. The van der Waals surface area contributed by atoms with E-state index in [4.69, 9.17) is 5.73 Å². The average molecular weight is 306 g/mol. The van der Waals surface area contributed by atoms with Gasteiger partial charge in [-0.05, 0) is 30.3 Å². The molecule has 21 heavy (non-hydrogen) atoms. The van der Waals surface area contributed by atoms with Crippen molar-refractivity contribution in [1.82, 2.24) is 9.97 Å². The number of rotatable bonds is 3. The summed E-state index contributed by atoms with van der Waals surface area (Å²) >= 11 is 0. The molecule has 0 saturated carbocycles. The first-order valence-electron chi connectivity index (χ1n) is 6.40. The van der Waals surface area contributed by atoms with Crippen LogP contribution in [-0.2, 0) is 15.4 Å². The number of benzene rings is 1. The molecule has 0 aliphatic carbocycles. The van der Waals surface area contributed by atoms with Crippen LogP contribution in [0, 0.1) is 0 Å². The van der Waals surface area contributed by atoms with Crippen molar-refractivity contribution in [2.24, 2.45) is 0 Å². The third-order valence-corrected chi connectivity index (χ3v) is 4.18. The largest absolute Gasteiger partial charge is 0.399 e. The zero-order chi connectivity index (χ0) is 15.7. The van der Waals surface area contributed by atoms with Crippen LogP contribution in [0.4, 0.5) is 11.6 Å². The van der Waals surface area contributed by atoms with Gasteiger partial charge in [-0.25, -0.2) is 23.1 Å². The molecule has 2 aromatic rings. The lowest BCUT2D eigenvalue weighted by atomic mass is 9.92. The van der Waals surface area contributed by atoms with Gasteiger partial charge in [0.2, 0.25) is 5.95 Å². The highest BCUT2D eigenvalue weighted by Gasteiger charge is 2.19. The number of hydrogen-bond donors (Lipinski definition) is 2. The Morgan fingerprint density at radius 2 is 1.71 bits per heavy atom. The molecule has 112 valence electrons. The quantitative estimate of drug-likeness (QED) is 0.847. The van der Waals surface area contributed by atoms with Gasteiger partial charge in [-0.3, -0.25) is 0 Å². The Morgan fingerprint density at radius 3 is 2.29 bits per heavy atom. The molecule has 7 heteroatoms. The molecule has 0 saturated heterocycles. The molecule has 0 aliphatic heterocycles. The minimum atomic E-state index is -3.72. The Balaban J connectivity index is 2.31. The summed E-state index contributed by atoms with van der Waals surface area (Å²) in [6.45, 7) is 5.98. The molecule has 0 radical (unpaired) electrons. The van der Waals surface area contributed by atoms with E-state index < -0.39 is 10.0 Å². The predicted molar refractivity (Wildman–Crippen MR) is 82.4 cm³/mol. The van der Waals surface area contributed by atoms with Crippen molar-refractivity contribution in [3.8, 4) is 0 Å². The van der Waals surface area contributed by atoms with Gasteiger partial charge in [0.1, 0.15) is 0 Å². The summed E-state index contributed by atoms with van der Waals surface area (Å²) < 4.78 is 26.9. The van der Waals surface area contributed by atoms with Gasteiger partial charge in [-0.2, -0.15) is 0 Å². The van der Waals surface area contributed by atoms with Gasteiger partial charge in [0, 0.05) is 17.3 Å². The van der Waals surface area contributed by atoms with Crippen molar-refractivity contribution in [2.45, 2.75) is 31.1 Å². The van der Waals surface area contributed by atoms with E-state index in [1.54, 1.807) is 6.07 Å². The SMILES string of the molecule is CC(C)(C)c1ccnc(NS(=O)(=O)c2ccc(N)cc2)n1. The standard InChI is InChI=1S/C14H18N4O2S/c1-14(2,3)12-8-9-16-13(17-12)18-21(19,20)11-6-4-10(15)5-7-11/h4-9H,15H2,1-3H3,(H,16,17,18). The molecule has 1 aromatic heterocycles. The first kappa shape index (κ1) is 15.2. The Morgan fingerprint density at radius 1 is 1.10 bits per heavy atom. The van der Waals surface area contributed by atoms with Gasteiger partial charge in [-0.1, -0.05) is 20.8 Å². The zero-order valence-electron chi connectivity index (χ0n) is 12.2. The first-order valence-corrected chi connectivity index (χ1v) is 7.89. The van der Waals surface area contributed by atoms with E-state index in [2.05, 4.69) is 14.7 Å². The number of nitrogens with two attached hydrogens (primary N) is 1. The number of aromatic nitrogens is 2. The summed E-state index contributed by atoms with van der Waals surface area (Å²) in [4.78, 5) is 8.31. The van der Waals surface area contributed by atoms with Gasteiger partial charge in [0.25, 0.3) is 10.0 Å². The summed E-state index contributed by atoms with van der Waals surface area (Å²) in [7, 11) is -3.72. The molecule has 1 aromatic carbocycles. The Labute approximate surface area is 124 Å². The maximum atomic E-state index is 12.2. The average Bonchev–Trinajstić information content (AvgIpc) is 2.38. The molecular weight excluding hydrogens is 288 g/mol. The topological polar surface area (TPSA) is 98.0 Å². The lowest BCUT2D eigenvalue weighted by Gasteiger charge is -2.18. The van der Waals surface area contributed by atoms with E-state index in [1.807, 2.05) is 20.8 Å². The monoisotopic (exact) mass is 306 g/mol. The fourth-order valence-electron chi connectivity index (χ4n) is 1.65. The van der Waals surface area contributed by atoms with Crippen LogP contribution in [-0.4, -0.2) is 18.4 Å². The second kappa shape index (κ2) is 5.33. The van der Waals surface area contributed by atoms with Crippen LogP contribution in [0.25, 0.3) is 0 Å². The third-order valence-electron chi connectivity index (χ3n) is 2.84. The van der Waals surface area contributed by atoms with Crippen LogP contribution >= 0.6 is 0 Å². The minimum absolute atomic E-state index is 0.0549. The second-order valence-electron chi connectivity index (χ2n) is 5.69. The molecular formula is C14H18N4O2S. The lowest BCUT2D eigenvalue weighted by Crippen LogP contribution is -2.18. The summed E-state index contributed by atoms with van der Waals surface area (Å²) in [5.74, 6) is 0.0549. The van der Waals surface area contributed by atoms with Crippen LogP contribution in [0.1, 0.15) is 26.5 Å². The molecule has 0 spiro atoms. The van der Waals surface area contributed by atoms with Crippen molar-refractivity contribution < 1.29 is 8.42 Å². The summed E-state index contributed by atoms with van der Waals surface area (Å²) in [5.41, 5.74) is 6.62. The number of nitrogens with zero attached hydrogens (tertiary/aromatic N) is 2. The van der Waals surface area contributed by atoms with Crippen molar-refractivity contribution in [3.05, 3.63) is 42.2 Å². The van der Waals surface area contributed by atoms with Gasteiger partial charge in [0.15, 0.2) is 0 Å². The van der Waals surface area contributed by atoms with E-state index in [1.165, 1.54) is 30.5 Å². The molecule has 0 unspecified atom stereocenters.